The first kappa shape index (κ1) is 15.3. The van der Waals surface area contributed by atoms with Gasteiger partial charge in [-0.2, -0.15) is 0 Å². The number of primary amides is 1. The second-order valence-corrected chi connectivity index (χ2v) is 2.83. The first-order chi connectivity index (χ1) is 8.43. The lowest BCUT2D eigenvalue weighted by atomic mass is 10.2. The number of aromatic hydroxyl groups is 1. The summed E-state index contributed by atoms with van der Waals surface area (Å²) in [6.07, 6.45) is 0. The SMILES string of the molecule is NNC(=O)C(N)=O.NNC(=O)c1ccccc1O. The molecule has 0 aliphatic carbocycles. The van der Waals surface area contributed by atoms with Gasteiger partial charge < -0.3 is 10.8 Å². The van der Waals surface area contributed by atoms with Crippen molar-refractivity contribution in [1.29, 1.82) is 0 Å². The van der Waals surface area contributed by atoms with Gasteiger partial charge in [-0.25, -0.2) is 11.7 Å². The average molecular weight is 255 g/mol. The van der Waals surface area contributed by atoms with Crippen LogP contribution in [0.4, 0.5) is 0 Å². The molecule has 0 bridgehead atoms. The molecule has 1 rings (SSSR count). The summed E-state index contributed by atoms with van der Waals surface area (Å²) in [6, 6.07) is 6.18. The normalized spacial score (nSPS) is 8.56. The first-order valence-corrected chi connectivity index (χ1v) is 4.53. The van der Waals surface area contributed by atoms with E-state index in [2.05, 4.69) is 11.6 Å². The molecule has 0 atom stereocenters. The Hall–Kier alpha value is -2.65. The van der Waals surface area contributed by atoms with Gasteiger partial charge in [-0.05, 0) is 12.1 Å². The molecule has 18 heavy (non-hydrogen) atoms. The molecular weight excluding hydrogens is 242 g/mol. The van der Waals surface area contributed by atoms with Crippen molar-refractivity contribution in [3.8, 4) is 5.75 Å². The van der Waals surface area contributed by atoms with Crippen LogP contribution in [-0.4, -0.2) is 22.8 Å². The number of nitrogens with two attached hydrogens (primary N) is 3. The van der Waals surface area contributed by atoms with E-state index in [0.29, 0.717) is 0 Å². The zero-order valence-corrected chi connectivity index (χ0v) is 9.21. The first-order valence-electron chi connectivity index (χ1n) is 4.53. The van der Waals surface area contributed by atoms with Crippen LogP contribution in [0.5, 0.6) is 5.75 Å². The van der Waals surface area contributed by atoms with Gasteiger partial charge in [0.05, 0.1) is 5.56 Å². The van der Waals surface area contributed by atoms with Crippen molar-refractivity contribution < 1.29 is 19.5 Å². The molecule has 0 unspecified atom stereocenters. The third kappa shape index (κ3) is 4.92. The summed E-state index contributed by atoms with van der Waals surface area (Å²) < 4.78 is 0. The minimum Gasteiger partial charge on any atom is -0.507 e. The molecule has 1 aromatic rings. The molecule has 0 aromatic heterocycles. The molecule has 9 N–H and O–H groups in total. The maximum absolute atomic E-state index is 10.8. The molecule has 0 saturated carbocycles. The molecule has 0 fully saturated rings. The van der Waals surface area contributed by atoms with Gasteiger partial charge in [-0.15, -0.1) is 0 Å². The number of hydrogen-bond donors (Lipinski definition) is 6. The zero-order chi connectivity index (χ0) is 14.1. The molecule has 9 nitrogen and oxygen atoms in total. The van der Waals surface area contributed by atoms with E-state index in [0.717, 1.165) is 0 Å². The Morgan fingerprint density at radius 2 is 1.61 bits per heavy atom. The summed E-state index contributed by atoms with van der Waals surface area (Å²) in [7, 11) is 0. The smallest absolute Gasteiger partial charge is 0.322 e. The van der Waals surface area contributed by atoms with Crippen LogP contribution in [0.15, 0.2) is 24.3 Å². The molecule has 3 amide bonds. The summed E-state index contributed by atoms with van der Waals surface area (Å²) in [5, 5.41) is 9.10. The van der Waals surface area contributed by atoms with Crippen LogP contribution in [0.25, 0.3) is 0 Å². The lowest BCUT2D eigenvalue weighted by Crippen LogP contribution is -2.40. The third-order valence-corrected chi connectivity index (χ3v) is 1.63. The third-order valence-electron chi connectivity index (χ3n) is 1.63. The quantitative estimate of drug-likeness (QED) is 0.139. The zero-order valence-electron chi connectivity index (χ0n) is 9.21. The van der Waals surface area contributed by atoms with E-state index in [9.17, 15) is 14.4 Å². The Kier molecular flexibility index (Phi) is 6.48. The number of nitrogens with one attached hydrogen (secondary N) is 2. The van der Waals surface area contributed by atoms with Gasteiger partial charge in [0.2, 0.25) is 0 Å². The summed E-state index contributed by atoms with van der Waals surface area (Å²) in [5.74, 6) is 6.70. The van der Waals surface area contributed by atoms with Crippen LogP contribution in [0, 0.1) is 0 Å². The number of carbonyl (C=O) groups excluding carboxylic acids is 3. The highest BCUT2D eigenvalue weighted by atomic mass is 16.3. The number of carbonyl (C=O) groups is 3. The van der Waals surface area contributed by atoms with Crippen molar-refractivity contribution in [1.82, 2.24) is 10.9 Å². The van der Waals surface area contributed by atoms with Crippen molar-refractivity contribution in [2.24, 2.45) is 17.4 Å². The summed E-state index contributed by atoms with van der Waals surface area (Å²) >= 11 is 0. The van der Waals surface area contributed by atoms with Gasteiger partial charge in [0.15, 0.2) is 0 Å². The van der Waals surface area contributed by atoms with E-state index in [1.54, 1.807) is 17.6 Å². The molecular formula is C9H13N5O4. The van der Waals surface area contributed by atoms with Crippen LogP contribution in [0.2, 0.25) is 0 Å². The van der Waals surface area contributed by atoms with E-state index >= 15 is 0 Å². The molecule has 0 aliphatic heterocycles. The number of benzene rings is 1. The Labute approximate surface area is 102 Å². The van der Waals surface area contributed by atoms with E-state index in [-0.39, 0.29) is 11.3 Å². The number of hydrogen-bond acceptors (Lipinski definition) is 6. The van der Waals surface area contributed by atoms with E-state index in [4.69, 9.17) is 10.9 Å². The summed E-state index contributed by atoms with van der Waals surface area (Å²) in [5.41, 5.74) is 8.07. The predicted molar refractivity (Wildman–Crippen MR) is 61.3 cm³/mol. The highest BCUT2D eigenvalue weighted by Crippen LogP contribution is 2.14. The number of phenols is 1. The Bertz CT molecular complexity index is 448. The Balaban J connectivity index is 0.000000360. The highest BCUT2D eigenvalue weighted by Gasteiger charge is 2.06. The lowest BCUT2D eigenvalue weighted by Gasteiger charge is -2.00. The standard InChI is InChI=1S/C7H8N2O2.C2H5N3O2/c8-9-7(11)5-3-1-2-4-6(5)10;3-1(6)2(7)5-4/h1-4,10H,8H2,(H,9,11);4H2,(H2,3,6)(H,5,7). The predicted octanol–water partition coefficient (Wildman–Crippen LogP) is -2.54. The van der Waals surface area contributed by atoms with Crippen LogP contribution < -0.4 is 28.3 Å². The Morgan fingerprint density at radius 1 is 1.06 bits per heavy atom. The topological polar surface area (TPSA) is 174 Å². The van der Waals surface area contributed by atoms with Gasteiger partial charge in [0.25, 0.3) is 5.91 Å². The van der Waals surface area contributed by atoms with Gasteiger partial charge in [-0.1, -0.05) is 12.1 Å². The Morgan fingerprint density at radius 3 is 1.94 bits per heavy atom. The van der Waals surface area contributed by atoms with Crippen LogP contribution in [0.3, 0.4) is 0 Å². The molecule has 0 heterocycles. The highest BCUT2D eigenvalue weighted by molar-refractivity contribution is 6.34. The fourth-order valence-corrected chi connectivity index (χ4v) is 0.815. The summed E-state index contributed by atoms with van der Waals surface area (Å²) in [6.45, 7) is 0. The number of amides is 3. The molecule has 1 aromatic carbocycles. The van der Waals surface area contributed by atoms with Crippen LogP contribution in [-0.2, 0) is 9.59 Å². The van der Waals surface area contributed by atoms with Crippen molar-refractivity contribution in [2.45, 2.75) is 0 Å². The molecule has 0 saturated heterocycles. The van der Waals surface area contributed by atoms with E-state index < -0.39 is 17.7 Å². The molecule has 0 spiro atoms. The molecule has 0 radical (unpaired) electrons. The van der Waals surface area contributed by atoms with Crippen LogP contribution in [0.1, 0.15) is 10.4 Å². The van der Waals surface area contributed by atoms with Gasteiger partial charge in [-0.3, -0.25) is 25.2 Å². The van der Waals surface area contributed by atoms with Crippen molar-refractivity contribution >= 4 is 17.7 Å². The number of nitrogen functional groups attached to an aromatic ring is 1. The van der Waals surface area contributed by atoms with Crippen molar-refractivity contribution in [3.05, 3.63) is 29.8 Å². The number of rotatable bonds is 1. The number of hydrazine groups is 2. The molecule has 9 heteroatoms. The van der Waals surface area contributed by atoms with Gasteiger partial charge in [0, 0.05) is 0 Å². The number of para-hydroxylation sites is 1. The summed E-state index contributed by atoms with van der Waals surface area (Å²) in [4.78, 5) is 30.3. The maximum Gasteiger partial charge on any atom is 0.322 e. The second-order valence-electron chi connectivity index (χ2n) is 2.83. The minimum absolute atomic E-state index is 0.0737. The maximum atomic E-state index is 10.8. The minimum atomic E-state index is -1.08. The largest absolute Gasteiger partial charge is 0.507 e. The second kappa shape index (κ2) is 7.60. The monoisotopic (exact) mass is 255 g/mol. The fourth-order valence-electron chi connectivity index (χ4n) is 0.815. The van der Waals surface area contributed by atoms with Crippen molar-refractivity contribution in [3.63, 3.8) is 0 Å². The fraction of sp³-hybridized carbons (Fsp3) is 0. The van der Waals surface area contributed by atoms with Crippen molar-refractivity contribution in [2.75, 3.05) is 0 Å². The van der Waals surface area contributed by atoms with E-state index in [1.807, 2.05) is 5.43 Å². The number of phenolic OH excluding ortho intramolecular Hbond substituents is 1. The molecule has 0 aliphatic rings. The van der Waals surface area contributed by atoms with Gasteiger partial charge >= 0.3 is 11.8 Å². The molecule has 98 valence electrons. The lowest BCUT2D eigenvalue weighted by molar-refractivity contribution is -0.137. The van der Waals surface area contributed by atoms with Crippen LogP contribution >= 0.6 is 0 Å². The van der Waals surface area contributed by atoms with Gasteiger partial charge in [0.1, 0.15) is 5.75 Å². The average Bonchev–Trinajstić information content (AvgIpc) is 2.38. The van der Waals surface area contributed by atoms with E-state index in [1.165, 1.54) is 12.1 Å².